The molecule has 2 saturated heterocycles. The first-order valence-electron chi connectivity index (χ1n) is 11.1. The number of hydrogen-bond acceptors (Lipinski definition) is 7. The minimum absolute atomic E-state index is 0.00620. The number of hydrogen-bond donors (Lipinski definition) is 1. The highest BCUT2D eigenvalue weighted by Crippen LogP contribution is 2.51. The van der Waals surface area contributed by atoms with Crippen molar-refractivity contribution >= 4 is 53.5 Å². The summed E-state index contributed by atoms with van der Waals surface area (Å²) in [6.45, 7) is 1.32. The van der Waals surface area contributed by atoms with Crippen LogP contribution < -0.4 is 5.32 Å². The summed E-state index contributed by atoms with van der Waals surface area (Å²) in [6, 6.07) is 3.61. The number of fused-ring (bicyclic) bond motifs is 2. The Kier molecular flexibility index (Phi) is 7.67. The lowest BCUT2D eigenvalue weighted by Gasteiger charge is -2.46. The summed E-state index contributed by atoms with van der Waals surface area (Å²) >= 11 is 12.0. The molecule has 2 heterocycles. The number of amides is 1. The van der Waals surface area contributed by atoms with Gasteiger partial charge in [-0.1, -0.05) is 43.5 Å². The number of ether oxygens (including phenoxy) is 1. The molecule has 9 nitrogen and oxygen atoms in total. The van der Waals surface area contributed by atoms with E-state index in [0.29, 0.717) is 11.4 Å². The van der Waals surface area contributed by atoms with Crippen LogP contribution in [-0.4, -0.2) is 74.6 Å². The number of carbonyl (C=O) groups excluding carboxylic acids is 4. The zero-order chi connectivity index (χ0) is 25.4. The third-order valence-electron chi connectivity index (χ3n) is 6.71. The summed E-state index contributed by atoms with van der Waals surface area (Å²) in [6.07, 6.45) is -0.608. The van der Waals surface area contributed by atoms with Crippen molar-refractivity contribution in [1.29, 1.82) is 0 Å². The average Bonchev–Trinajstić information content (AvgIpc) is 3.11. The van der Waals surface area contributed by atoms with Gasteiger partial charge in [0.2, 0.25) is 0 Å². The molecule has 2 fully saturated rings. The van der Waals surface area contributed by atoms with E-state index in [1.807, 2.05) is 13.8 Å². The first kappa shape index (κ1) is 26.5. The van der Waals surface area contributed by atoms with Crippen LogP contribution in [-0.2, 0) is 28.4 Å². The van der Waals surface area contributed by atoms with Gasteiger partial charge in [-0.2, -0.15) is 0 Å². The predicted molar refractivity (Wildman–Crippen MR) is 126 cm³/mol. The van der Waals surface area contributed by atoms with Crippen molar-refractivity contribution < 1.29 is 37.6 Å². The summed E-state index contributed by atoms with van der Waals surface area (Å²) < 4.78 is 16.7. The number of nitrogens with one attached hydrogen (secondary N) is 1. The predicted octanol–water partition coefficient (Wildman–Crippen LogP) is 2.61. The molecule has 2 bridgehead atoms. The van der Waals surface area contributed by atoms with Gasteiger partial charge in [-0.3, -0.25) is 9.59 Å². The molecule has 1 N–H and O–H groups in total. The maximum atomic E-state index is 13.0. The molecule has 1 aromatic rings. The van der Waals surface area contributed by atoms with E-state index in [1.54, 1.807) is 20.2 Å². The Balaban J connectivity index is 1.79. The van der Waals surface area contributed by atoms with Crippen LogP contribution in [0.15, 0.2) is 18.2 Å². The van der Waals surface area contributed by atoms with E-state index in [9.17, 15) is 19.2 Å². The highest BCUT2D eigenvalue weighted by Gasteiger charge is 2.74. The van der Waals surface area contributed by atoms with E-state index in [1.165, 1.54) is 19.2 Å². The summed E-state index contributed by atoms with van der Waals surface area (Å²) in [5, 5.41) is 3.13. The van der Waals surface area contributed by atoms with Crippen LogP contribution in [0.4, 0.5) is 0 Å². The van der Waals surface area contributed by atoms with Crippen molar-refractivity contribution in [3.05, 3.63) is 33.8 Å². The molecule has 0 spiro atoms. The van der Waals surface area contributed by atoms with E-state index in [4.69, 9.17) is 37.2 Å². The molecule has 0 aliphatic carbocycles. The lowest BCUT2D eigenvalue weighted by atomic mass is 9.52. The number of methoxy groups -OCH3 is 1. The van der Waals surface area contributed by atoms with E-state index in [0.717, 1.165) is 0 Å². The van der Waals surface area contributed by atoms with Gasteiger partial charge < -0.3 is 23.8 Å². The number of Topliss-reactive ketones (excluding diaryl/α,β-unsaturated/α-hetero) is 1. The Morgan fingerprint density at radius 3 is 2.53 bits per heavy atom. The molecule has 0 radical (unpaired) electrons. The molecule has 12 heteroatoms. The topological polar surface area (TPSA) is 108 Å². The average molecular weight is 515 g/mol. The molecule has 2 aliphatic rings. The largest absolute Gasteiger partial charge is 0.610 e. The third kappa shape index (κ3) is 4.69. The Labute approximate surface area is 208 Å². The van der Waals surface area contributed by atoms with Crippen molar-refractivity contribution in [3.8, 4) is 0 Å². The second-order valence-corrected chi connectivity index (χ2v) is 10.6. The van der Waals surface area contributed by atoms with Crippen LogP contribution in [0.25, 0.3) is 0 Å². The molecule has 1 amide bonds. The van der Waals surface area contributed by atoms with Crippen LogP contribution in [0, 0.1) is 5.92 Å². The number of benzene rings is 1. The van der Waals surface area contributed by atoms with Crippen LogP contribution in [0.5, 0.6) is 0 Å². The Bertz CT molecular complexity index is 1020. The number of ketones is 1. The van der Waals surface area contributed by atoms with E-state index >= 15 is 0 Å². The molecule has 0 aromatic heterocycles. The maximum Gasteiger partial charge on any atom is 0.532 e. The first-order valence-corrected chi connectivity index (χ1v) is 11.8. The standard InChI is InChI=1S/C22H29BCl2N2O7/c1-12(2)8-13(9-15(28)11-26-20(29)16-10-14(24)6-7-17(16)25)23-27(3,4)18(21(30)34-23)19(33-23)22(31)32-5/h6-7,10,12-13,18-19H,8-9,11H2,1-5H3,(H,26,29)/t13-,18+,19-,23?/m1/s1. The molecule has 1 aromatic carbocycles. The molecule has 2 aliphatic heterocycles. The number of carbonyl (C=O) groups is 4. The van der Waals surface area contributed by atoms with Crippen LogP contribution in [0.1, 0.15) is 37.0 Å². The molecule has 186 valence electrons. The Hall–Kier alpha value is -2.14. The highest BCUT2D eigenvalue weighted by molar-refractivity contribution is 6.66. The molecule has 3 rings (SSSR count). The van der Waals surface area contributed by atoms with Crippen molar-refractivity contribution in [1.82, 2.24) is 5.32 Å². The van der Waals surface area contributed by atoms with Crippen molar-refractivity contribution in [2.75, 3.05) is 27.7 Å². The van der Waals surface area contributed by atoms with Gasteiger partial charge in [0.05, 0.1) is 24.2 Å². The van der Waals surface area contributed by atoms with Gasteiger partial charge >= 0.3 is 18.6 Å². The quantitative estimate of drug-likeness (QED) is 0.398. The molecule has 1 unspecified atom stereocenters. The van der Waals surface area contributed by atoms with E-state index in [-0.39, 0.29) is 39.6 Å². The minimum Gasteiger partial charge on any atom is -0.610 e. The number of rotatable bonds is 9. The van der Waals surface area contributed by atoms with Gasteiger partial charge in [0.15, 0.2) is 12.1 Å². The second kappa shape index (κ2) is 9.85. The molecular formula is C22H29BCl2N2O7. The van der Waals surface area contributed by atoms with Crippen molar-refractivity contribution in [2.45, 2.75) is 44.7 Å². The summed E-state index contributed by atoms with van der Waals surface area (Å²) in [4.78, 5) is 50.5. The van der Waals surface area contributed by atoms with Crippen LogP contribution >= 0.6 is 23.2 Å². The second-order valence-electron chi connectivity index (χ2n) is 9.76. The van der Waals surface area contributed by atoms with Gasteiger partial charge in [0.25, 0.3) is 5.91 Å². The van der Waals surface area contributed by atoms with Crippen molar-refractivity contribution in [2.24, 2.45) is 5.92 Å². The van der Waals surface area contributed by atoms with Gasteiger partial charge in [0, 0.05) is 19.1 Å². The molecular weight excluding hydrogens is 486 g/mol. The van der Waals surface area contributed by atoms with Gasteiger partial charge in [-0.25, -0.2) is 9.59 Å². The van der Waals surface area contributed by atoms with Crippen LogP contribution in [0.2, 0.25) is 15.9 Å². The lowest BCUT2D eigenvalue weighted by molar-refractivity contribution is -0.802. The maximum absolute atomic E-state index is 13.0. The molecule has 0 saturated carbocycles. The van der Waals surface area contributed by atoms with Crippen molar-refractivity contribution in [3.63, 3.8) is 0 Å². The Morgan fingerprint density at radius 2 is 1.91 bits per heavy atom. The van der Waals surface area contributed by atoms with Gasteiger partial charge in [-0.05, 0) is 36.4 Å². The van der Waals surface area contributed by atoms with E-state index in [2.05, 4.69) is 5.32 Å². The minimum atomic E-state index is -2.39. The highest BCUT2D eigenvalue weighted by atomic mass is 35.5. The molecule has 34 heavy (non-hydrogen) atoms. The number of halogens is 2. The van der Waals surface area contributed by atoms with Gasteiger partial charge in [0.1, 0.15) is 5.78 Å². The fourth-order valence-electron chi connectivity index (χ4n) is 5.18. The smallest absolute Gasteiger partial charge is 0.532 e. The number of nitrogens with zero attached hydrogens (tertiary/aromatic N) is 1. The monoisotopic (exact) mass is 514 g/mol. The SMILES string of the molecule is COC(=O)[C@@H]1O[B-]2([C@@H](CC(=O)CNC(=O)c3cc(Cl)ccc3Cl)CC(C)C)OC(=O)[C@H]1[N+]2(C)C. The normalized spacial score (nSPS) is 25.7. The number of quaternary nitrogens is 1. The van der Waals surface area contributed by atoms with Gasteiger partial charge in [-0.15, -0.1) is 0 Å². The number of likely N-dealkylation sites (N-methyl/N-ethyl adjacent to an activating group) is 1. The summed E-state index contributed by atoms with van der Waals surface area (Å²) in [7, 11) is 4.76. The lowest BCUT2D eigenvalue weighted by Crippen LogP contribution is -2.63. The summed E-state index contributed by atoms with van der Waals surface area (Å²) in [5.41, 5.74) is 0.161. The first-order chi connectivity index (χ1) is 15.8. The third-order valence-corrected chi connectivity index (χ3v) is 7.28. The molecule has 4 atom stereocenters. The summed E-state index contributed by atoms with van der Waals surface area (Å²) in [5.74, 6) is -2.37. The Morgan fingerprint density at radius 1 is 1.24 bits per heavy atom. The van der Waals surface area contributed by atoms with E-state index < -0.39 is 42.5 Å². The fourth-order valence-corrected chi connectivity index (χ4v) is 5.56. The zero-order valence-corrected chi connectivity index (χ0v) is 21.3. The number of esters is 1. The van der Waals surface area contributed by atoms with Crippen LogP contribution in [0.3, 0.4) is 0 Å². The fraction of sp³-hybridized carbons (Fsp3) is 0.545. The zero-order valence-electron chi connectivity index (χ0n) is 19.8.